The number of hydrogen-bond donors (Lipinski definition) is 1. The van der Waals surface area contributed by atoms with E-state index in [4.69, 9.17) is 10.1 Å². The number of fused-ring (bicyclic) bond motifs is 1. The Balaban J connectivity index is 1.65. The zero-order chi connectivity index (χ0) is 27.4. The maximum absolute atomic E-state index is 14.0. The molecule has 39 heavy (non-hydrogen) atoms. The molecule has 5 rings (SSSR count). The summed E-state index contributed by atoms with van der Waals surface area (Å²) < 4.78 is 5.31. The summed E-state index contributed by atoms with van der Waals surface area (Å²) in [5, 5.41) is 8.94. The minimum absolute atomic E-state index is 0.217. The quantitative estimate of drug-likeness (QED) is 0.357. The molecule has 2 aliphatic carbocycles. The minimum atomic E-state index is -0.996. The lowest BCUT2D eigenvalue weighted by atomic mass is 9.89. The topological polar surface area (TPSA) is 99.1 Å². The Morgan fingerprint density at radius 1 is 0.897 bits per heavy atom. The third kappa shape index (κ3) is 5.94. The van der Waals surface area contributed by atoms with Crippen LogP contribution in [-0.4, -0.2) is 29.8 Å². The number of hydrogen-bond acceptors (Lipinski definition) is 4. The Kier molecular flexibility index (Phi) is 8.48. The highest BCUT2D eigenvalue weighted by atomic mass is 16.4. The molecule has 0 aliphatic heterocycles. The van der Waals surface area contributed by atoms with E-state index in [1.54, 1.807) is 10.6 Å². The fourth-order valence-electron chi connectivity index (χ4n) is 6.44. The van der Waals surface area contributed by atoms with Gasteiger partial charge in [-0.15, -0.1) is 0 Å². The molecule has 0 bridgehead atoms. The summed E-state index contributed by atoms with van der Waals surface area (Å²) in [6.45, 7) is 3.78. The van der Waals surface area contributed by atoms with Crippen molar-refractivity contribution in [2.75, 3.05) is 0 Å². The molecular formula is C31H40N4O4. The highest BCUT2D eigenvalue weighted by Gasteiger charge is 2.26. The van der Waals surface area contributed by atoms with E-state index in [2.05, 4.69) is 6.92 Å². The van der Waals surface area contributed by atoms with E-state index in [0.29, 0.717) is 48.5 Å². The van der Waals surface area contributed by atoms with Crippen molar-refractivity contribution in [2.24, 2.45) is 11.8 Å². The lowest BCUT2D eigenvalue weighted by Crippen LogP contribution is -2.43. The summed E-state index contributed by atoms with van der Waals surface area (Å²) in [7, 11) is 0. The van der Waals surface area contributed by atoms with Crippen molar-refractivity contribution in [1.82, 2.24) is 18.7 Å². The molecule has 0 unspecified atom stereocenters. The van der Waals surface area contributed by atoms with Crippen LogP contribution in [0.15, 0.2) is 39.9 Å². The van der Waals surface area contributed by atoms with Crippen molar-refractivity contribution in [2.45, 2.75) is 97.2 Å². The second kappa shape index (κ2) is 12.2. The molecule has 208 valence electrons. The van der Waals surface area contributed by atoms with Gasteiger partial charge in [-0.25, -0.2) is 14.6 Å². The molecule has 0 amide bonds. The van der Waals surface area contributed by atoms with Gasteiger partial charge in [0.15, 0.2) is 11.2 Å². The smallest absolute Gasteiger partial charge is 0.332 e. The molecule has 1 N–H and O–H groups in total. The first-order chi connectivity index (χ1) is 19.0. The standard InChI is InChI=1S/C31H40N4O4/c1-2-19-33-27-29(32-28(33)25-16-13-22(14-17-25)15-18-26(36)37)34(20-23-9-5-3-6-10-23)31(39)35(30(27)38)21-24-11-7-4-8-12-24/h13-18,23-24H,2-12,19-21H2,1H3,(H,36,37)/b18-15+. The molecule has 2 aromatic heterocycles. The van der Waals surface area contributed by atoms with Crippen LogP contribution in [0.25, 0.3) is 28.6 Å². The molecule has 0 spiro atoms. The summed E-state index contributed by atoms with van der Waals surface area (Å²) >= 11 is 0. The second-order valence-electron chi connectivity index (χ2n) is 11.4. The highest BCUT2D eigenvalue weighted by Crippen LogP contribution is 2.29. The van der Waals surface area contributed by atoms with E-state index in [1.807, 2.05) is 28.8 Å². The molecule has 0 atom stereocenters. The van der Waals surface area contributed by atoms with Crippen molar-refractivity contribution in [3.05, 3.63) is 56.7 Å². The lowest BCUT2D eigenvalue weighted by molar-refractivity contribution is -0.131. The maximum Gasteiger partial charge on any atom is 0.332 e. The number of imidazole rings is 1. The van der Waals surface area contributed by atoms with Gasteiger partial charge < -0.3 is 9.67 Å². The van der Waals surface area contributed by atoms with Crippen LogP contribution in [0, 0.1) is 11.8 Å². The SMILES string of the molecule is CCCn1c(-c2ccc(/C=C/C(=O)O)cc2)nc2c1c(=O)n(CC1CCCCC1)c(=O)n2CC1CCCCC1. The Hall–Kier alpha value is -3.42. The number of benzene rings is 1. The van der Waals surface area contributed by atoms with Gasteiger partial charge in [0.1, 0.15) is 5.82 Å². The highest BCUT2D eigenvalue weighted by molar-refractivity contribution is 5.85. The molecule has 1 aromatic carbocycles. The predicted octanol–water partition coefficient (Wildman–Crippen LogP) is 5.70. The number of carboxylic acids is 1. The van der Waals surface area contributed by atoms with Crippen molar-refractivity contribution < 1.29 is 9.90 Å². The Bertz CT molecular complexity index is 1450. The molecule has 2 heterocycles. The zero-order valence-corrected chi connectivity index (χ0v) is 23.0. The third-order valence-electron chi connectivity index (χ3n) is 8.48. The van der Waals surface area contributed by atoms with Crippen LogP contribution in [0.2, 0.25) is 0 Å². The number of aryl methyl sites for hydroxylation is 1. The predicted molar refractivity (Wildman–Crippen MR) is 154 cm³/mol. The minimum Gasteiger partial charge on any atom is -0.478 e. The van der Waals surface area contributed by atoms with E-state index in [-0.39, 0.29) is 11.2 Å². The van der Waals surface area contributed by atoms with Gasteiger partial charge in [-0.1, -0.05) is 69.7 Å². The molecule has 2 fully saturated rings. The fraction of sp³-hybridized carbons (Fsp3) is 0.548. The molecule has 3 aromatic rings. The summed E-state index contributed by atoms with van der Waals surface area (Å²) in [6, 6.07) is 7.50. The number of aromatic nitrogens is 4. The molecule has 2 aliphatic rings. The largest absolute Gasteiger partial charge is 0.478 e. The lowest BCUT2D eigenvalue weighted by Gasteiger charge is -2.25. The number of nitrogens with zero attached hydrogens (tertiary/aromatic N) is 4. The van der Waals surface area contributed by atoms with Crippen molar-refractivity contribution in [1.29, 1.82) is 0 Å². The van der Waals surface area contributed by atoms with Crippen LogP contribution in [0.1, 0.15) is 83.1 Å². The fourth-order valence-corrected chi connectivity index (χ4v) is 6.44. The summed E-state index contributed by atoms with van der Waals surface area (Å²) in [5.74, 6) is 0.452. The number of aliphatic carboxylic acids is 1. The van der Waals surface area contributed by atoms with Gasteiger partial charge in [-0.3, -0.25) is 13.9 Å². The van der Waals surface area contributed by atoms with Crippen LogP contribution in [-0.2, 0) is 24.4 Å². The average molecular weight is 533 g/mol. The molecule has 8 nitrogen and oxygen atoms in total. The first-order valence-corrected chi connectivity index (χ1v) is 14.7. The number of carbonyl (C=O) groups is 1. The number of rotatable bonds is 9. The molecule has 8 heteroatoms. The van der Waals surface area contributed by atoms with Crippen LogP contribution in [0.4, 0.5) is 0 Å². The maximum atomic E-state index is 14.0. The Morgan fingerprint density at radius 3 is 2.05 bits per heavy atom. The van der Waals surface area contributed by atoms with E-state index < -0.39 is 5.97 Å². The van der Waals surface area contributed by atoms with Gasteiger partial charge >= 0.3 is 11.7 Å². The van der Waals surface area contributed by atoms with Crippen molar-refractivity contribution >= 4 is 23.2 Å². The zero-order valence-electron chi connectivity index (χ0n) is 23.0. The summed E-state index contributed by atoms with van der Waals surface area (Å²) in [6.07, 6.45) is 15.0. The van der Waals surface area contributed by atoms with E-state index in [9.17, 15) is 14.4 Å². The molecular weight excluding hydrogens is 492 g/mol. The molecule has 0 radical (unpaired) electrons. The van der Waals surface area contributed by atoms with Crippen molar-refractivity contribution in [3.63, 3.8) is 0 Å². The average Bonchev–Trinajstić information content (AvgIpc) is 3.33. The van der Waals surface area contributed by atoms with Crippen LogP contribution in [0.5, 0.6) is 0 Å². The van der Waals surface area contributed by atoms with Gasteiger partial charge in [-0.05, 0) is 55.6 Å². The first kappa shape index (κ1) is 27.2. The number of carboxylic acid groups (broad SMARTS) is 1. The van der Waals surface area contributed by atoms with Crippen LogP contribution in [0.3, 0.4) is 0 Å². The van der Waals surface area contributed by atoms with Gasteiger partial charge in [-0.2, -0.15) is 0 Å². The molecule has 2 saturated carbocycles. The molecule has 0 saturated heterocycles. The van der Waals surface area contributed by atoms with E-state index in [0.717, 1.165) is 62.1 Å². The third-order valence-corrected chi connectivity index (χ3v) is 8.48. The normalized spacial score (nSPS) is 17.4. The van der Waals surface area contributed by atoms with Crippen LogP contribution >= 0.6 is 0 Å². The van der Waals surface area contributed by atoms with Gasteiger partial charge in [0.05, 0.1) is 0 Å². The van der Waals surface area contributed by atoms with Gasteiger partial charge in [0, 0.05) is 31.3 Å². The van der Waals surface area contributed by atoms with Crippen molar-refractivity contribution in [3.8, 4) is 11.4 Å². The van der Waals surface area contributed by atoms with E-state index >= 15 is 0 Å². The van der Waals surface area contributed by atoms with Gasteiger partial charge in [0.25, 0.3) is 5.56 Å². The van der Waals surface area contributed by atoms with Crippen LogP contribution < -0.4 is 11.2 Å². The summed E-state index contributed by atoms with van der Waals surface area (Å²) in [5.41, 5.74) is 2.17. The van der Waals surface area contributed by atoms with Gasteiger partial charge in [0.2, 0.25) is 0 Å². The summed E-state index contributed by atoms with van der Waals surface area (Å²) in [4.78, 5) is 43.9. The second-order valence-corrected chi connectivity index (χ2v) is 11.4. The Labute approximate surface area is 229 Å². The Morgan fingerprint density at radius 2 is 1.49 bits per heavy atom. The first-order valence-electron chi connectivity index (χ1n) is 14.7. The van der Waals surface area contributed by atoms with E-state index in [1.165, 1.54) is 30.3 Å². The monoisotopic (exact) mass is 532 g/mol.